The van der Waals surface area contributed by atoms with Crippen molar-refractivity contribution in [3.8, 4) is 11.8 Å². The first kappa shape index (κ1) is 16.1. The molecule has 0 N–H and O–H groups in total. The molecule has 0 atom stereocenters. The lowest BCUT2D eigenvalue weighted by Crippen LogP contribution is -2.43. The van der Waals surface area contributed by atoms with Crippen LogP contribution in [0.3, 0.4) is 0 Å². The third-order valence-corrected chi connectivity index (χ3v) is 11.1. The summed E-state index contributed by atoms with van der Waals surface area (Å²) in [6, 6.07) is 0. The fourth-order valence-electron chi connectivity index (χ4n) is 4.07. The molecule has 5 fully saturated rings. The van der Waals surface area contributed by atoms with Gasteiger partial charge in [-0.05, 0) is 44.9 Å². The minimum atomic E-state index is 0.274. The molecule has 0 aromatic carbocycles. The van der Waals surface area contributed by atoms with Gasteiger partial charge in [0.05, 0.1) is 13.7 Å². The maximum absolute atomic E-state index is 11.2. The fourth-order valence-corrected chi connectivity index (χ4v) is 12.4. The van der Waals surface area contributed by atoms with Gasteiger partial charge in [0, 0.05) is 23.5 Å². The largest absolute Gasteiger partial charge is 0.288 e. The van der Waals surface area contributed by atoms with Crippen LogP contribution in [0.2, 0.25) is 0 Å². The molecule has 0 amide bonds. The number of rotatable bonds is 1. The van der Waals surface area contributed by atoms with Crippen LogP contribution in [0.5, 0.6) is 0 Å². The first-order chi connectivity index (χ1) is 10.6. The highest BCUT2D eigenvalue weighted by molar-refractivity contribution is 8.33. The molecule has 22 heavy (non-hydrogen) atoms. The zero-order chi connectivity index (χ0) is 15.2. The Hall–Kier alpha value is 0.630. The van der Waals surface area contributed by atoms with E-state index in [0.717, 1.165) is 13.7 Å². The van der Waals surface area contributed by atoms with Gasteiger partial charge in [-0.1, -0.05) is 23.6 Å². The van der Waals surface area contributed by atoms with E-state index in [1.165, 1.54) is 44.9 Å². The molecule has 0 radical (unpaired) electrons. The van der Waals surface area contributed by atoms with Crippen molar-refractivity contribution in [3.05, 3.63) is 0 Å². The summed E-state index contributed by atoms with van der Waals surface area (Å²) in [6.45, 7) is 1.69. The second-order valence-electron chi connectivity index (χ2n) is 6.94. The Morgan fingerprint density at radius 1 is 1.00 bits per heavy atom. The van der Waals surface area contributed by atoms with E-state index in [1.807, 2.05) is 0 Å². The molecule has 5 heteroatoms. The van der Waals surface area contributed by atoms with Crippen LogP contribution in [0.4, 0.5) is 0 Å². The van der Waals surface area contributed by atoms with E-state index in [2.05, 4.69) is 47.1 Å². The molecule has 4 aliphatic heterocycles. The van der Waals surface area contributed by atoms with E-state index in [0.29, 0.717) is 16.6 Å². The molecule has 120 valence electrons. The molecule has 0 unspecified atom stereocenters. The van der Waals surface area contributed by atoms with Gasteiger partial charge < -0.3 is 0 Å². The Morgan fingerprint density at radius 3 is 2.05 bits per heavy atom. The SMILES string of the molecule is CC(=O)SC1CCC(C#CC23CC4SC(C2)SC(C3)S4)CC1. The molecule has 5 aliphatic rings. The first-order valence-electron chi connectivity index (χ1n) is 8.27. The van der Waals surface area contributed by atoms with Crippen molar-refractivity contribution in [2.24, 2.45) is 11.3 Å². The highest BCUT2D eigenvalue weighted by atomic mass is 32.3. The zero-order valence-electron chi connectivity index (χ0n) is 12.9. The van der Waals surface area contributed by atoms with E-state index < -0.39 is 0 Å². The second kappa shape index (κ2) is 6.50. The zero-order valence-corrected chi connectivity index (χ0v) is 16.1. The molecular formula is C17H22OS4. The summed E-state index contributed by atoms with van der Waals surface area (Å²) >= 11 is 8.14. The van der Waals surface area contributed by atoms with Crippen LogP contribution in [0.25, 0.3) is 0 Å². The van der Waals surface area contributed by atoms with Gasteiger partial charge in [-0.2, -0.15) is 0 Å². The minimum Gasteiger partial charge on any atom is -0.288 e. The molecule has 1 aliphatic carbocycles. The topological polar surface area (TPSA) is 17.1 Å². The molecule has 5 rings (SSSR count). The minimum absolute atomic E-state index is 0.274. The van der Waals surface area contributed by atoms with Gasteiger partial charge in [0.15, 0.2) is 5.12 Å². The fraction of sp³-hybridized carbons (Fsp3) is 0.824. The number of carbonyl (C=O) groups is 1. The van der Waals surface area contributed by atoms with Crippen molar-refractivity contribution in [2.75, 3.05) is 0 Å². The van der Waals surface area contributed by atoms with Gasteiger partial charge in [-0.25, -0.2) is 0 Å². The van der Waals surface area contributed by atoms with E-state index in [9.17, 15) is 4.79 Å². The third kappa shape index (κ3) is 3.50. The molecule has 1 saturated carbocycles. The van der Waals surface area contributed by atoms with Gasteiger partial charge in [-0.3, -0.25) is 4.79 Å². The van der Waals surface area contributed by atoms with Gasteiger partial charge in [-0.15, -0.1) is 35.3 Å². The number of thioether (sulfide) groups is 4. The van der Waals surface area contributed by atoms with Crippen LogP contribution in [0.1, 0.15) is 51.9 Å². The summed E-state index contributed by atoms with van der Waals surface area (Å²) in [7, 11) is 0. The average Bonchev–Trinajstić information content (AvgIpc) is 2.44. The Labute approximate surface area is 150 Å². The Balaban J connectivity index is 1.37. The van der Waals surface area contributed by atoms with Crippen molar-refractivity contribution in [1.29, 1.82) is 0 Å². The predicted octanol–water partition coefficient (Wildman–Crippen LogP) is 5.20. The van der Waals surface area contributed by atoms with E-state index in [4.69, 9.17) is 0 Å². The highest BCUT2D eigenvalue weighted by Crippen LogP contribution is 2.66. The van der Waals surface area contributed by atoms with E-state index >= 15 is 0 Å². The lowest BCUT2D eigenvalue weighted by atomic mass is 9.78. The maximum atomic E-state index is 11.2. The third-order valence-electron chi connectivity index (χ3n) is 5.13. The second-order valence-corrected chi connectivity index (χ2v) is 13.5. The van der Waals surface area contributed by atoms with Crippen LogP contribution in [0.15, 0.2) is 0 Å². The van der Waals surface area contributed by atoms with Crippen molar-refractivity contribution in [3.63, 3.8) is 0 Å². The monoisotopic (exact) mass is 370 g/mol. The average molecular weight is 371 g/mol. The van der Waals surface area contributed by atoms with Crippen molar-refractivity contribution in [2.45, 2.75) is 70.9 Å². The van der Waals surface area contributed by atoms with Crippen LogP contribution in [0, 0.1) is 23.2 Å². The van der Waals surface area contributed by atoms with E-state index in [-0.39, 0.29) is 5.12 Å². The van der Waals surface area contributed by atoms with Gasteiger partial charge in [0.25, 0.3) is 0 Å². The molecule has 0 spiro atoms. The summed E-state index contributed by atoms with van der Waals surface area (Å²) in [6.07, 6.45) is 8.69. The van der Waals surface area contributed by atoms with Crippen molar-refractivity contribution in [1.82, 2.24) is 0 Å². The summed E-state index contributed by atoms with van der Waals surface area (Å²) < 4.78 is 2.45. The summed E-state index contributed by atoms with van der Waals surface area (Å²) in [4.78, 5) is 11.2. The predicted molar refractivity (Wildman–Crippen MR) is 102 cm³/mol. The Bertz CT molecular complexity index is 477. The lowest BCUT2D eigenvalue weighted by Gasteiger charge is -2.53. The Morgan fingerprint density at radius 2 is 1.55 bits per heavy atom. The number of carbonyl (C=O) groups excluding carboxylic acids is 1. The molecular weight excluding hydrogens is 348 g/mol. The van der Waals surface area contributed by atoms with Gasteiger partial charge in [0.2, 0.25) is 0 Å². The number of hydrogen-bond donors (Lipinski definition) is 0. The lowest BCUT2D eigenvalue weighted by molar-refractivity contribution is -0.109. The van der Waals surface area contributed by atoms with Crippen LogP contribution < -0.4 is 0 Å². The van der Waals surface area contributed by atoms with Crippen LogP contribution in [-0.2, 0) is 4.79 Å². The van der Waals surface area contributed by atoms with E-state index in [1.54, 1.807) is 18.7 Å². The normalized spacial score (nSPS) is 46.1. The van der Waals surface area contributed by atoms with Crippen molar-refractivity contribution < 1.29 is 4.79 Å². The standard InChI is InChI=1S/C17H22OS4/c1-11(18)19-13-4-2-12(3-5-13)6-7-17-8-14-20-15(9-17)22-16(10-17)21-14/h12-16H,2-5,8-10H2,1H3. The Kier molecular flexibility index (Phi) is 4.76. The molecule has 0 aromatic heterocycles. The molecule has 4 bridgehead atoms. The summed E-state index contributed by atoms with van der Waals surface area (Å²) in [5, 5.41) is 0.829. The quantitative estimate of drug-likeness (QED) is 0.588. The van der Waals surface area contributed by atoms with Crippen LogP contribution >= 0.6 is 47.0 Å². The highest BCUT2D eigenvalue weighted by Gasteiger charge is 2.52. The summed E-state index contributed by atoms with van der Waals surface area (Å²) in [5.74, 6) is 8.06. The summed E-state index contributed by atoms with van der Waals surface area (Å²) in [5.41, 5.74) is 0.354. The maximum Gasteiger partial charge on any atom is 0.186 e. The molecule has 4 heterocycles. The molecule has 0 aromatic rings. The van der Waals surface area contributed by atoms with Crippen LogP contribution in [-0.4, -0.2) is 24.1 Å². The number of hydrogen-bond acceptors (Lipinski definition) is 5. The van der Waals surface area contributed by atoms with Gasteiger partial charge >= 0.3 is 0 Å². The van der Waals surface area contributed by atoms with Crippen molar-refractivity contribution >= 4 is 52.2 Å². The molecule has 4 saturated heterocycles. The smallest absolute Gasteiger partial charge is 0.186 e. The molecule has 1 nitrogen and oxygen atoms in total. The van der Waals surface area contributed by atoms with Gasteiger partial charge in [0.1, 0.15) is 0 Å². The first-order valence-corrected chi connectivity index (χ1v) is 12.0.